The number of aromatic nitrogens is 3. The predicted molar refractivity (Wildman–Crippen MR) is 69.8 cm³/mol. The van der Waals surface area contributed by atoms with E-state index in [1.807, 2.05) is 15.5 Å². The first kappa shape index (κ1) is 12.0. The zero-order valence-corrected chi connectivity index (χ0v) is 10.8. The molecule has 7 nitrogen and oxygen atoms in total. The molecule has 0 aromatic carbocycles. The van der Waals surface area contributed by atoms with Crippen molar-refractivity contribution < 1.29 is 9.90 Å². The minimum Gasteiger partial charge on any atom is -0.465 e. The fraction of sp³-hybridized carbons (Fsp3) is 0.364. The summed E-state index contributed by atoms with van der Waals surface area (Å²) >= 11 is 5.98. The van der Waals surface area contributed by atoms with Crippen LogP contribution in [0.25, 0.3) is 5.65 Å². The van der Waals surface area contributed by atoms with Gasteiger partial charge in [-0.05, 0) is 0 Å². The third-order valence-electron chi connectivity index (χ3n) is 3.17. The molecule has 19 heavy (non-hydrogen) atoms. The molecule has 0 radical (unpaired) electrons. The molecule has 0 aliphatic carbocycles. The quantitative estimate of drug-likeness (QED) is 0.795. The lowest BCUT2D eigenvalue weighted by molar-refractivity contribution is 0.142. The van der Waals surface area contributed by atoms with E-state index in [4.69, 9.17) is 16.7 Å². The highest BCUT2D eigenvalue weighted by molar-refractivity contribution is 6.29. The topological polar surface area (TPSA) is 74.0 Å². The molecule has 0 atom stereocenters. The van der Waals surface area contributed by atoms with Crippen LogP contribution < -0.4 is 4.90 Å². The summed E-state index contributed by atoms with van der Waals surface area (Å²) in [6.07, 6.45) is 2.62. The molecular weight excluding hydrogens is 270 g/mol. The van der Waals surface area contributed by atoms with Crippen LogP contribution in [-0.2, 0) is 0 Å². The van der Waals surface area contributed by atoms with Crippen LogP contribution in [0, 0.1) is 0 Å². The summed E-state index contributed by atoms with van der Waals surface area (Å²) in [5.41, 5.74) is 0.732. The number of hydrogen-bond acceptors (Lipinski definition) is 4. The molecule has 2 aromatic heterocycles. The molecule has 1 N–H and O–H groups in total. The molecule has 1 saturated heterocycles. The van der Waals surface area contributed by atoms with E-state index < -0.39 is 6.09 Å². The van der Waals surface area contributed by atoms with E-state index in [2.05, 4.69) is 9.97 Å². The second-order valence-electron chi connectivity index (χ2n) is 4.29. The largest absolute Gasteiger partial charge is 0.465 e. The molecule has 8 heteroatoms. The third kappa shape index (κ3) is 2.17. The molecule has 2 aromatic rings. The summed E-state index contributed by atoms with van der Waals surface area (Å²) in [4.78, 5) is 22.8. The van der Waals surface area contributed by atoms with Gasteiger partial charge in [-0.3, -0.25) is 4.40 Å². The molecular formula is C11H12ClN5O2. The number of carboxylic acid groups (broad SMARTS) is 1. The average molecular weight is 282 g/mol. The summed E-state index contributed by atoms with van der Waals surface area (Å²) < 4.78 is 1.85. The number of piperazine rings is 1. The van der Waals surface area contributed by atoms with Gasteiger partial charge in [-0.1, -0.05) is 11.6 Å². The number of hydrogen-bond donors (Lipinski definition) is 1. The molecule has 1 amide bonds. The maximum Gasteiger partial charge on any atom is 0.407 e. The summed E-state index contributed by atoms with van der Waals surface area (Å²) in [6, 6.07) is 1.69. The van der Waals surface area contributed by atoms with Gasteiger partial charge in [0.05, 0.1) is 0 Å². The van der Waals surface area contributed by atoms with Gasteiger partial charge in [-0.2, -0.15) is 0 Å². The van der Waals surface area contributed by atoms with Crippen molar-refractivity contribution in [1.29, 1.82) is 0 Å². The Labute approximate surface area is 114 Å². The number of amides is 1. The summed E-state index contributed by atoms with van der Waals surface area (Å²) in [5.74, 6) is 0.699. The average Bonchev–Trinajstić information content (AvgIpc) is 2.85. The van der Waals surface area contributed by atoms with E-state index in [0.29, 0.717) is 37.3 Å². The summed E-state index contributed by atoms with van der Waals surface area (Å²) in [6.45, 7) is 2.10. The Morgan fingerprint density at radius 1 is 1.32 bits per heavy atom. The molecule has 1 fully saturated rings. The second-order valence-corrected chi connectivity index (χ2v) is 4.68. The number of nitrogens with zero attached hydrogens (tertiary/aromatic N) is 5. The number of rotatable bonds is 1. The lowest BCUT2D eigenvalue weighted by Gasteiger charge is -2.33. The van der Waals surface area contributed by atoms with Gasteiger partial charge in [-0.25, -0.2) is 14.8 Å². The number of carbonyl (C=O) groups is 1. The van der Waals surface area contributed by atoms with E-state index in [-0.39, 0.29) is 0 Å². The maximum atomic E-state index is 10.9. The van der Waals surface area contributed by atoms with E-state index in [0.717, 1.165) is 5.65 Å². The highest BCUT2D eigenvalue weighted by Gasteiger charge is 2.23. The molecule has 0 saturated carbocycles. The van der Waals surface area contributed by atoms with Crippen LogP contribution in [0.5, 0.6) is 0 Å². The Balaban J connectivity index is 1.89. The van der Waals surface area contributed by atoms with Gasteiger partial charge in [0, 0.05) is 44.6 Å². The van der Waals surface area contributed by atoms with Crippen molar-refractivity contribution in [2.75, 3.05) is 31.1 Å². The molecule has 0 spiro atoms. The number of halogens is 1. The highest BCUT2D eigenvalue weighted by atomic mass is 35.5. The Kier molecular flexibility index (Phi) is 2.90. The predicted octanol–water partition coefficient (Wildman–Crippen LogP) is 1.18. The molecule has 3 heterocycles. The van der Waals surface area contributed by atoms with Crippen LogP contribution in [0.3, 0.4) is 0 Å². The van der Waals surface area contributed by atoms with Crippen LogP contribution in [0.4, 0.5) is 10.7 Å². The van der Waals surface area contributed by atoms with Gasteiger partial charge in [0.1, 0.15) is 10.8 Å². The molecule has 1 aliphatic heterocycles. The Bertz CT molecular complexity index is 621. The van der Waals surface area contributed by atoms with Crippen LogP contribution in [-0.4, -0.2) is 56.6 Å². The van der Waals surface area contributed by atoms with Crippen molar-refractivity contribution in [3.63, 3.8) is 0 Å². The summed E-state index contributed by atoms with van der Waals surface area (Å²) in [7, 11) is 0. The first-order valence-electron chi connectivity index (χ1n) is 5.87. The Hall–Kier alpha value is -2.02. The van der Waals surface area contributed by atoms with Crippen molar-refractivity contribution in [2.24, 2.45) is 0 Å². The van der Waals surface area contributed by atoms with Crippen LogP contribution in [0.1, 0.15) is 0 Å². The van der Waals surface area contributed by atoms with Gasteiger partial charge in [0.25, 0.3) is 0 Å². The van der Waals surface area contributed by atoms with Gasteiger partial charge >= 0.3 is 6.09 Å². The zero-order valence-electron chi connectivity index (χ0n) is 10.0. The Morgan fingerprint density at radius 2 is 2.05 bits per heavy atom. The Morgan fingerprint density at radius 3 is 2.74 bits per heavy atom. The standard InChI is InChI=1S/C11H12ClN5O2/c12-8-7-9-13-1-2-17(9)10(14-8)15-3-5-16(6-4-15)11(18)19/h1-2,7H,3-6H2,(H,18,19). The molecule has 0 bridgehead atoms. The van der Waals surface area contributed by atoms with Crippen LogP contribution in [0.15, 0.2) is 18.5 Å². The third-order valence-corrected chi connectivity index (χ3v) is 3.37. The van der Waals surface area contributed by atoms with Crippen molar-refractivity contribution in [2.45, 2.75) is 0 Å². The smallest absolute Gasteiger partial charge is 0.407 e. The maximum absolute atomic E-state index is 10.9. The van der Waals surface area contributed by atoms with Crippen LogP contribution in [0.2, 0.25) is 5.15 Å². The minimum atomic E-state index is -0.883. The molecule has 100 valence electrons. The first-order chi connectivity index (χ1) is 9.15. The summed E-state index contributed by atoms with van der Waals surface area (Å²) in [5, 5.41) is 9.32. The molecule has 1 aliphatic rings. The van der Waals surface area contributed by atoms with Gasteiger partial charge in [-0.15, -0.1) is 0 Å². The zero-order chi connectivity index (χ0) is 13.4. The lowest BCUT2D eigenvalue weighted by atomic mass is 10.3. The lowest BCUT2D eigenvalue weighted by Crippen LogP contribution is -2.49. The first-order valence-corrected chi connectivity index (χ1v) is 6.25. The molecule has 3 rings (SSSR count). The van der Waals surface area contributed by atoms with Crippen LogP contribution >= 0.6 is 11.6 Å². The number of imidazole rings is 1. The van der Waals surface area contributed by atoms with E-state index in [1.54, 1.807) is 12.3 Å². The van der Waals surface area contributed by atoms with E-state index in [9.17, 15) is 4.79 Å². The van der Waals surface area contributed by atoms with Gasteiger partial charge in [0.2, 0.25) is 5.95 Å². The SMILES string of the molecule is O=C(O)N1CCN(c2nc(Cl)cc3nccn23)CC1. The van der Waals surface area contributed by atoms with Crippen molar-refractivity contribution in [3.8, 4) is 0 Å². The molecule has 0 unspecified atom stereocenters. The number of fused-ring (bicyclic) bond motifs is 1. The fourth-order valence-corrected chi connectivity index (χ4v) is 2.37. The van der Waals surface area contributed by atoms with Crippen molar-refractivity contribution in [1.82, 2.24) is 19.3 Å². The normalized spacial score (nSPS) is 16.1. The van der Waals surface area contributed by atoms with Gasteiger partial charge < -0.3 is 14.9 Å². The van der Waals surface area contributed by atoms with Crippen molar-refractivity contribution >= 4 is 29.3 Å². The highest BCUT2D eigenvalue weighted by Crippen LogP contribution is 2.19. The van der Waals surface area contributed by atoms with E-state index in [1.165, 1.54) is 4.90 Å². The van der Waals surface area contributed by atoms with Crippen molar-refractivity contribution in [3.05, 3.63) is 23.6 Å². The fourth-order valence-electron chi connectivity index (χ4n) is 2.20. The number of anilines is 1. The monoisotopic (exact) mass is 281 g/mol. The van der Waals surface area contributed by atoms with E-state index >= 15 is 0 Å². The second kappa shape index (κ2) is 4.58. The minimum absolute atomic E-state index is 0.384. The van der Waals surface area contributed by atoms with Gasteiger partial charge in [0.15, 0.2) is 0 Å².